The number of sulfonamides is 1. The van der Waals surface area contributed by atoms with Gasteiger partial charge in [0.1, 0.15) is 0 Å². The van der Waals surface area contributed by atoms with Crippen molar-refractivity contribution < 1.29 is 17.6 Å². The van der Waals surface area contributed by atoms with Gasteiger partial charge >= 0.3 is 0 Å². The topological polar surface area (TPSA) is 102 Å². The van der Waals surface area contributed by atoms with Crippen LogP contribution in [0.15, 0.2) is 40.0 Å². The third-order valence-electron chi connectivity index (χ3n) is 5.16. The molecular formula is C18H23N3O4S. The number of carbonyl (C=O) groups is 1. The van der Waals surface area contributed by atoms with Crippen LogP contribution >= 0.6 is 0 Å². The number of hydrogen-bond acceptors (Lipinski definition) is 6. The van der Waals surface area contributed by atoms with Crippen molar-refractivity contribution >= 4 is 15.9 Å². The first-order valence-electron chi connectivity index (χ1n) is 8.70. The van der Waals surface area contributed by atoms with Crippen LogP contribution in [0.4, 0.5) is 0 Å². The van der Waals surface area contributed by atoms with Crippen molar-refractivity contribution in [3.8, 4) is 11.5 Å². The standard InChI is InChI=1S/C18H23N3O4S/c1-18(2)9-4-3-7-14(18)11-16(22)21-26(23,24)15-8-5-6-13(10-15)17-20-19-12-25-17/h5-6,8,10,12,14H,3-4,7,9,11H2,1-2H3,(H,21,22). The number of nitrogens with one attached hydrogen (secondary N) is 1. The second kappa shape index (κ2) is 7.19. The van der Waals surface area contributed by atoms with E-state index in [-0.39, 0.29) is 28.5 Å². The molecule has 1 aliphatic carbocycles. The number of nitrogens with zero attached hydrogens (tertiary/aromatic N) is 2. The SMILES string of the molecule is CC1(C)CCCCC1CC(=O)NS(=O)(=O)c1cccc(-c2nnco2)c1. The van der Waals surface area contributed by atoms with Gasteiger partial charge in [0.25, 0.3) is 10.0 Å². The van der Waals surface area contributed by atoms with Crippen molar-refractivity contribution in [1.82, 2.24) is 14.9 Å². The zero-order chi connectivity index (χ0) is 18.8. The smallest absolute Gasteiger partial charge is 0.264 e. The molecule has 2 aromatic rings. The van der Waals surface area contributed by atoms with Gasteiger partial charge < -0.3 is 4.42 Å². The maximum absolute atomic E-state index is 12.6. The largest absolute Gasteiger partial charge is 0.423 e. The lowest BCUT2D eigenvalue weighted by molar-refractivity contribution is -0.121. The van der Waals surface area contributed by atoms with E-state index in [9.17, 15) is 13.2 Å². The van der Waals surface area contributed by atoms with Crippen molar-refractivity contribution in [2.75, 3.05) is 0 Å². The van der Waals surface area contributed by atoms with E-state index in [1.165, 1.54) is 18.5 Å². The highest BCUT2D eigenvalue weighted by Gasteiger charge is 2.34. The van der Waals surface area contributed by atoms with Gasteiger partial charge in [-0.1, -0.05) is 32.8 Å². The summed E-state index contributed by atoms with van der Waals surface area (Å²) in [6.07, 6.45) is 5.64. The molecule has 26 heavy (non-hydrogen) atoms. The normalized spacial score (nSPS) is 19.8. The summed E-state index contributed by atoms with van der Waals surface area (Å²) in [5, 5.41) is 7.35. The van der Waals surface area contributed by atoms with E-state index in [0.29, 0.717) is 5.56 Å². The molecule has 140 valence electrons. The average molecular weight is 377 g/mol. The molecule has 1 heterocycles. The average Bonchev–Trinajstić information content (AvgIpc) is 3.11. The predicted molar refractivity (Wildman–Crippen MR) is 95.4 cm³/mol. The Kier molecular flexibility index (Phi) is 5.13. The Bertz CT molecular complexity index is 876. The van der Waals surface area contributed by atoms with Crippen molar-refractivity contribution in [3.05, 3.63) is 30.7 Å². The van der Waals surface area contributed by atoms with Crippen LogP contribution in [0.1, 0.15) is 46.0 Å². The number of benzene rings is 1. The predicted octanol–water partition coefficient (Wildman–Crippen LogP) is 3.15. The van der Waals surface area contributed by atoms with Crippen molar-refractivity contribution in [3.63, 3.8) is 0 Å². The van der Waals surface area contributed by atoms with Gasteiger partial charge in [-0.25, -0.2) is 13.1 Å². The van der Waals surface area contributed by atoms with Crippen molar-refractivity contribution in [1.29, 1.82) is 0 Å². The van der Waals surface area contributed by atoms with Crippen LogP contribution in [0.25, 0.3) is 11.5 Å². The van der Waals surface area contributed by atoms with Gasteiger partial charge in [-0.2, -0.15) is 0 Å². The molecule has 1 N–H and O–H groups in total. The lowest BCUT2D eigenvalue weighted by atomic mass is 9.67. The van der Waals surface area contributed by atoms with Crippen LogP contribution in [0.2, 0.25) is 0 Å². The molecule has 1 amide bonds. The molecular weight excluding hydrogens is 354 g/mol. The molecule has 1 atom stereocenters. The quantitative estimate of drug-likeness (QED) is 0.859. The van der Waals surface area contributed by atoms with Crippen LogP contribution < -0.4 is 4.72 Å². The lowest BCUT2D eigenvalue weighted by Gasteiger charge is -2.38. The van der Waals surface area contributed by atoms with Crippen LogP contribution in [-0.2, 0) is 14.8 Å². The summed E-state index contributed by atoms with van der Waals surface area (Å²) in [7, 11) is -3.95. The maximum atomic E-state index is 12.6. The first-order valence-corrected chi connectivity index (χ1v) is 10.2. The van der Waals surface area contributed by atoms with E-state index >= 15 is 0 Å². The van der Waals surface area contributed by atoms with Gasteiger partial charge in [0, 0.05) is 12.0 Å². The highest BCUT2D eigenvalue weighted by atomic mass is 32.2. The molecule has 0 aliphatic heterocycles. The molecule has 1 aliphatic rings. The monoisotopic (exact) mass is 377 g/mol. The summed E-state index contributed by atoms with van der Waals surface area (Å²) in [6.45, 7) is 4.29. The van der Waals surface area contributed by atoms with E-state index in [1.807, 2.05) is 0 Å². The fourth-order valence-electron chi connectivity index (χ4n) is 3.51. The summed E-state index contributed by atoms with van der Waals surface area (Å²) in [5.74, 6) is -0.0540. The first-order chi connectivity index (χ1) is 12.3. The second-order valence-corrected chi connectivity index (χ2v) is 9.12. The van der Waals surface area contributed by atoms with Gasteiger partial charge in [-0.05, 0) is 42.4 Å². The fraction of sp³-hybridized carbons (Fsp3) is 0.500. The van der Waals surface area contributed by atoms with E-state index in [4.69, 9.17) is 4.42 Å². The molecule has 0 radical (unpaired) electrons. The number of hydrogen-bond donors (Lipinski definition) is 1. The molecule has 8 heteroatoms. The Labute approximate surface area is 153 Å². The molecule has 1 unspecified atom stereocenters. The van der Waals surface area contributed by atoms with E-state index in [0.717, 1.165) is 25.7 Å². The van der Waals surface area contributed by atoms with Crippen molar-refractivity contribution in [2.24, 2.45) is 11.3 Å². The van der Waals surface area contributed by atoms with Crippen LogP contribution in [0, 0.1) is 11.3 Å². The molecule has 0 bridgehead atoms. The maximum Gasteiger partial charge on any atom is 0.264 e. The molecule has 7 nitrogen and oxygen atoms in total. The van der Waals surface area contributed by atoms with Crippen molar-refractivity contribution in [2.45, 2.75) is 50.8 Å². The molecule has 0 saturated heterocycles. The zero-order valence-corrected chi connectivity index (χ0v) is 15.8. The van der Waals surface area contributed by atoms with E-state index < -0.39 is 15.9 Å². The molecule has 1 aromatic carbocycles. The molecule has 1 aromatic heterocycles. The van der Waals surface area contributed by atoms with E-state index in [2.05, 4.69) is 28.8 Å². The molecule has 1 saturated carbocycles. The highest BCUT2D eigenvalue weighted by Crippen LogP contribution is 2.42. The Morgan fingerprint density at radius 3 is 2.85 bits per heavy atom. The summed E-state index contributed by atoms with van der Waals surface area (Å²) < 4.78 is 32.4. The minimum Gasteiger partial charge on any atom is -0.423 e. The molecule has 0 spiro atoms. The van der Waals surface area contributed by atoms with E-state index in [1.54, 1.807) is 12.1 Å². The van der Waals surface area contributed by atoms with Crippen LogP contribution in [-0.4, -0.2) is 24.5 Å². The van der Waals surface area contributed by atoms with Gasteiger partial charge in [0.15, 0.2) is 0 Å². The minimum atomic E-state index is -3.95. The summed E-state index contributed by atoms with van der Waals surface area (Å²) in [6, 6.07) is 6.08. The van der Waals surface area contributed by atoms with Crippen LogP contribution in [0.5, 0.6) is 0 Å². The number of carbonyl (C=O) groups excluding carboxylic acids is 1. The van der Waals surface area contributed by atoms with Gasteiger partial charge in [0.2, 0.25) is 18.2 Å². The summed E-state index contributed by atoms with van der Waals surface area (Å²) >= 11 is 0. The Morgan fingerprint density at radius 1 is 1.35 bits per heavy atom. The van der Waals surface area contributed by atoms with Gasteiger partial charge in [0.05, 0.1) is 4.90 Å². The highest BCUT2D eigenvalue weighted by molar-refractivity contribution is 7.90. The number of rotatable bonds is 5. The summed E-state index contributed by atoms with van der Waals surface area (Å²) in [4.78, 5) is 12.4. The first kappa shape index (κ1) is 18.6. The third-order valence-corrected chi connectivity index (χ3v) is 6.53. The lowest BCUT2D eigenvalue weighted by Crippen LogP contribution is -2.36. The van der Waals surface area contributed by atoms with Crippen LogP contribution in [0.3, 0.4) is 0 Å². The van der Waals surface area contributed by atoms with Gasteiger partial charge in [-0.3, -0.25) is 4.79 Å². The second-order valence-electron chi connectivity index (χ2n) is 7.44. The summed E-state index contributed by atoms with van der Waals surface area (Å²) in [5.41, 5.74) is 0.531. The molecule has 3 rings (SSSR count). The minimum absolute atomic E-state index is 0.00976. The molecule has 1 fully saturated rings. The number of aromatic nitrogens is 2. The zero-order valence-electron chi connectivity index (χ0n) is 14.9. The van der Waals surface area contributed by atoms with Gasteiger partial charge in [-0.15, -0.1) is 10.2 Å². The third kappa shape index (κ3) is 4.12. The fourth-order valence-corrected chi connectivity index (χ4v) is 4.55. The Hall–Kier alpha value is -2.22. The Morgan fingerprint density at radius 2 is 2.15 bits per heavy atom. The Balaban J connectivity index is 1.72. The number of amides is 1.